The average molecular weight is 298 g/mol. The topological polar surface area (TPSA) is 103 Å². The summed E-state index contributed by atoms with van der Waals surface area (Å²) in [5.74, 6) is 0. The van der Waals surface area contributed by atoms with Crippen LogP contribution in [0.4, 0.5) is 0 Å². The Kier molecular flexibility index (Phi) is 8.57. The van der Waals surface area contributed by atoms with Crippen molar-refractivity contribution in [2.24, 2.45) is 10.8 Å². The first-order valence-corrected chi connectivity index (χ1v) is 6.40. The van der Waals surface area contributed by atoms with E-state index >= 15 is 0 Å². The van der Waals surface area contributed by atoms with Gasteiger partial charge in [0, 0.05) is 11.4 Å². The van der Waals surface area contributed by atoms with E-state index in [2.05, 4.69) is 45.6 Å². The van der Waals surface area contributed by atoms with Crippen LogP contribution in [0.3, 0.4) is 0 Å². The van der Waals surface area contributed by atoms with Gasteiger partial charge in [0.2, 0.25) is 0 Å². The van der Waals surface area contributed by atoms with Crippen molar-refractivity contribution in [3.63, 3.8) is 0 Å². The number of nitriles is 1. The number of thiocarbonyl (C=S) groups is 1. The fourth-order valence-electron chi connectivity index (χ4n) is 1.45. The lowest BCUT2D eigenvalue weighted by Crippen LogP contribution is -2.25. The quantitative estimate of drug-likeness (QED) is 0.222. The van der Waals surface area contributed by atoms with Gasteiger partial charge in [-0.25, -0.2) is 0 Å². The molecule has 8 heteroatoms. The summed E-state index contributed by atoms with van der Waals surface area (Å²) in [5.41, 5.74) is 12.2. The summed E-state index contributed by atoms with van der Waals surface area (Å²) in [6.45, 7) is 5.96. The molecule has 0 saturated heterocycles. The Balaban J connectivity index is 0.000000982. The Bertz CT molecular complexity index is 466. The maximum absolute atomic E-state index is 7.18. The maximum Gasteiger partial charge on any atom is 0.184 e. The molecule has 0 saturated carbocycles. The third kappa shape index (κ3) is 7.43. The second kappa shape index (κ2) is 9.35. The lowest BCUT2D eigenvalue weighted by Gasteiger charge is -2.02. The largest absolute Gasteiger partial charge is 0.375 e. The molecule has 6 nitrogen and oxygen atoms in total. The predicted molar refractivity (Wildman–Crippen MR) is 84.0 cm³/mol. The molecule has 0 aliphatic heterocycles. The number of thiocyanates is 1. The Morgan fingerprint density at radius 1 is 1.63 bits per heavy atom. The number of hydrogen-bond acceptors (Lipinski definition) is 5. The summed E-state index contributed by atoms with van der Waals surface area (Å²) in [7, 11) is 0. The minimum Gasteiger partial charge on any atom is -0.375 e. The molecular weight excluding hydrogens is 280 g/mol. The predicted octanol–water partition coefficient (Wildman–Crippen LogP) is 1.57. The number of aryl methyl sites for hydroxylation is 2. The maximum atomic E-state index is 7.18. The molecule has 0 unspecified atom stereocenters. The molecule has 1 aromatic rings. The van der Waals surface area contributed by atoms with E-state index in [0.717, 1.165) is 29.9 Å². The van der Waals surface area contributed by atoms with Crippen molar-refractivity contribution in [1.82, 2.24) is 15.6 Å². The van der Waals surface area contributed by atoms with Gasteiger partial charge >= 0.3 is 0 Å². The summed E-state index contributed by atoms with van der Waals surface area (Å²) in [4.78, 5) is 0. The van der Waals surface area contributed by atoms with Crippen LogP contribution >= 0.6 is 24.8 Å². The highest BCUT2D eigenvalue weighted by molar-refractivity contribution is 7.85. The fourth-order valence-corrected chi connectivity index (χ4v) is 1.50. The van der Waals surface area contributed by atoms with Crippen LogP contribution in [0.15, 0.2) is 5.10 Å². The average Bonchev–Trinajstić information content (AvgIpc) is 2.65. The van der Waals surface area contributed by atoms with E-state index in [-0.39, 0.29) is 5.11 Å². The number of hydrazone groups is 1. The standard InChI is InChI=1S/C10H17N5S.CHNS/c1-6(12-15-10(11)16)4-5-9-7(2)13-14-8(9)3;2-1-3/h4-5H2,1-3H3,(H,13,14)(H3,11,15,16);3H. The smallest absolute Gasteiger partial charge is 0.184 e. The molecule has 0 aliphatic carbocycles. The van der Waals surface area contributed by atoms with Crippen LogP contribution in [0.25, 0.3) is 0 Å². The molecule has 1 aromatic heterocycles. The van der Waals surface area contributed by atoms with Crippen molar-refractivity contribution in [3.8, 4) is 5.40 Å². The number of nitrogens with two attached hydrogens (primary N) is 1. The Morgan fingerprint density at radius 2 is 2.21 bits per heavy atom. The normalized spacial score (nSPS) is 10.2. The zero-order valence-electron chi connectivity index (χ0n) is 11.2. The van der Waals surface area contributed by atoms with Crippen LogP contribution < -0.4 is 11.2 Å². The molecule has 0 fully saturated rings. The first kappa shape index (κ1) is 17.4. The molecule has 0 aliphatic rings. The molecule has 1 heterocycles. The minimum atomic E-state index is 0.190. The van der Waals surface area contributed by atoms with Gasteiger partial charge in [0.05, 0.1) is 5.69 Å². The summed E-state index contributed by atoms with van der Waals surface area (Å²) in [5, 5.41) is 20.0. The Morgan fingerprint density at radius 3 is 2.63 bits per heavy atom. The van der Waals surface area contributed by atoms with E-state index in [0.29, 0.717) is 0 Å². The fraction of sp³-hybridized carbons (Fsp3) is 0.455. The van der Waals surface area contributed by atoms with Gasteiger partial charge in [-0.3, -0.25) is 10.5 Å². The Labute approximate surface area is 123 Å². The van der Waals surface area contributed by atoms with Gasteiger partial charge in [-0.1, -0.05) is 12.6 Å². The zero-order chi connectivity index (χ0) is 14.8. The third-order valence-corrected chi connectivity index (χ3v) is 2.47. The lowest BCUT2D eigenvalue weighted by atomic mass is 10.1. The molecule has 19 heavy (non-hydrogen) atoms. The number of rotatable bonds is 4. The van der Waals surface area contributed by atoms with Gasteiger partial charge in [-0.15, -0.1) is 0 Å². The summed E-state index contributed by atoms with van der Waals surface area (Å²) in [6.07, 6.45) is 1.78. The highest BCUT2D eigenvalue weighted by Crippen LogP contribution is 2.11. The van der Waals surface area contributed by atoms with Crippen molar-refractivity contribution >= 4 is 35.7 Å². The SMILES string of the molecule is CC(CCc1c(C)n[nH]c1C)=NNC(N)=S.N#CS. The lowest BCUT2D eigenvalue weighted by molar-refractivity contribution is 0.957. The molecule has 0 amide bonds. The van der Waals surface area contributed by atoms with E-state index in [1.807, 2.05) is 20.8 Å². The van der Waals surface area contributed by atoms with Crippen LogP contribution in [0, 0.1) is 24.5 Å². The van der Waals surface area contributed by atoms with Crippen LogP contribution in [0.1, 0.15) is 30.3 Å². The first-order valence-electron chi connectivity index (χ1n) is 5.54. The van der Waals surface area contributed by atoms with E-state index in [1.54, 1.807) is 0 Å². The van der Waals surface area contributed by atoms with Crippen LogP contribution in [-0.2, 0) is 6.42 Å². The highest BCUT2D eigenvalue weighted by atomic mass is 32.1. The second-order valence-electron chi connectivity index (χ2n) is 3.84. The van der Waals surface area contributed by atoms with Crippen molar-refractivity contribution in [1.29, 1.82) is 5.26 Å². The first-order chi connectivity index (χ1) is 8.92. The van der Waals surface area contributed by atoms with E-state index in [1.165, 1.54) is 11.0 Å². The third-order valence-electron chi connectivity index (χ3n) is 2.37. The van der Waals surface area contributed by atoms with E-state index < -0.39 is 0 Å². The van der Waals surface area contributed by atoms with Gasteiger partial charge in [0.1, 0.15) is 5.40 Å². The number of thiol groups is 1. The van der Waals surface area contributed by atoms with E-state index in [4.69, 9.17) is 11.0 Å². The minimum absolute atomic E-state index is 0.190. The van der Waals surface area contributed by atoms with E-state index in [9.17, 15) is 0 Å². The number of hydrogen-bond donors (Lipinski definition) is 4. The number of aromatic nitrogens is 2. The molecule has 4 N–H and O–H groups in total. The molecule has 0 spiro atoms. The van der Waals surface area contributed by atoms with Crippen molar-refractivity contribution < 1.29 is 0 Å². The van der Waals surface area contributed by atoms with Crippen LogP contribution in [-0.4, -0.2) is 21.0 Å². The van der Waals surface area contributed by atoms with Crippen molar-refractivity contribution in [3.05, 3.63) is 17.0 Å². The number of nitrogens with zero attached hydrogens (tertiary/aromatic N) is 3. The highest BCUT2D eigenvalue weighted by Gasteiger charge is 2.06. The van der Waals surface area contributed by atoms with Gasteiger partial charge in [0.15, 0.2) is 5.11 Å². The van der Waals surface area contributed by atoms with Gasteiger partial charge in [0.25, 0.3) is 0 Å². The Hall–Kier alpha value is -1.59. The summed E-state index contributed by atoms with van der Waals surface area (Å²) < 4.78 is 0. The summed E-state index contributed by atoms with van der Waals surface area (Å²) in [6, 6.07) is 0. The van der Waals surface area contributed by atoms with Crippen molar-refractivity contribution in [2.45, 2.75) is 33.6 Å². The number of aromatic amines is 1. The second-order valence-corrected chi connectivity index (χ2v) is 4.48. The van der Waals surface area contributed by atoms with Crippen molar-refractivity contribution in [2.75, 3.05) is 0 Å². The number of nitrogens with one attached hydrogen (secondary N) is 2. The van der Waals surface area contributed by atoms with Crippen LogP contribution in [0.5, 0.6) is 0 Å². The van der Waals surface area contributed by atoms with Gasteiger partial charge < -0.3 is 5.73 Å². The zero-order valence-corrected chi connectivity index (χ0v) is 12.9. The molecule has 104 valence electrons. The molecule has 0 aromatic carbocycles. The monoisotopic (exact) mass is 298 g/mol. The molecular formula is C11H18N6S2. The molecule has 1 rings (SSSR count). The molecule has 0 atom stereocenters. The van der Waals surface area contributed by atoms with Gasteiger partial charge in [-0.05, 0) is 51.4 Å². The number of H-pyrrole nitrogens is 1. The molecule has 0 radical (unpaired) electrons. The molecule has 0 bridgehead atoms. The van der Waals surface area contributed by atoms with Gasteiger partial charge in [-0.2, -0.15) is 15.5 Å². The van der Waals surface area contributed by atoms with Crippen LogP contribution in [0.2, 0.25) is 0 Å². The summed E-state index contributed by atoms with van der Waals surface area (Å²) >= 11 is 7.76.